The lowest BCUT2D eigenvalue weighted by Crippen LogP contribution is -2.14. The fourth-order valence-electron chi connectivity index (χ4n) is 1.28. The molecule has 0 unspecified atom stereocenters. The maximum absolute atomic E-state index is 13.5. The summed E-state index contributed by atoms with van der Waals surface area (Å²) in [5, 5.41) is 11.7. The molecule has 0 aliphatic rings. The number of benzene rings is 1. The molecule has 0 saturated heterocycles. The van der Waals surface area contributed by atoms with E-state index >= 15 is 0 Å². The number of aromatic carboxylic acids is 1. The van der Waals surface area contributed by atoms with E-state index in [0.29, 0.717) is 6.07 Å². The highest BCUT2D eigenvalue weighted by Gasteiger charge is 2.22. The Bertz CT molecular complexity index is 764. The molecule has 0 radical (unpaired) electrons. The molecule has 7 nitrogen and oxygen atoms in total. The van der Waals surface area contributed by atoms with E-state index in [1.807, 2.05) is 0 Å². The average Bonchev–Trinajstić information content (AvgIpc) is 2.83. The van der Waals surface area contributed by atoms with Crippen LogP contribution in [-0.4, -0.2) is 29.1 Å². The maximum Gasteiger partial charge on any atom is 0.337 e. The van der Waals surface area contributed by atoms with Crippen molar-refractivity contribution in [3.63, 3.8) is 0 Å². The molecule has 2 aromatic rings. The second-order valence-corrected chi connectivity index (χ2v) is 6.31. The smallest absolute Gasteiger partial charge is 0.337 e. The van der Waals surface area contributed by atoms with Crippen LogP contribution in [0.2, 0.25) is 5.02 Å². The van der Waals surface area contributed by atoms with Gasteiger partial charge in [-0.15, -0.1) is 5.10 Å². The predicted octanol–water partition coefficient (Wildman–Crippen LogP) is 1.83. The Balaban J connectivity index is 2.49. The molecule has 1 aromatic heterocycles. The SMILES string of the molecule is O=C(O)c1cc(S(=O)(=O)Nc2cnns2)cc(F)c1Cl. The minimum atomic E-state index is -4.16. The zero-order valence-electron chi connectivity index (χ0n) is 9.37. The number of aromatic nitrogens is 2. The molecule has 106 valence electrons. The van der Waals surface area contributed by atoms with Crippen molar-refractivity contribution in [1.82, 2.24) is 9.59 Å². The van der Waals surface area contributed by atoms with Crippen LogP contribution in [0.5, 0.6) is 0 Å². The standard InChI is InChI=1S/C9H5ClFN3O4S2/c10-8-5(9(15)16)1-4(2-6(8)11)20(17,18)13-7-3-12-14-19-7/h1-3,13H,(H,15,16). The summed E-state index contributed by atoms with van der Waals surface area (Å²) in [6.07, 6.45) is 1.16. The van der Waals surface area contributed by atoms with E-state index in [2.05, 4.69) is 14.3 Å². The quantitative estimate of drug-likeness (QED) is 0.880. The number of sulfonamides is 1. The molecule has 2 N–H and O–H groups in total. The molecule has 20 heavy (non-hydrogen) atoms. The predicted molar refractivity (Wildman–Crippen MR) is 69.1 cm³/mol. The van der Waals surface area contributed by atoms with Crippen molar-refractivity contribution in [3.8, 4) is 0 Å². The molecule has 0 amide bonds. The van der Waals surface area contributed by atoms with Crippen LogP contribution in [0.15, 0.2) is 23.2 Å². The van der Waals surface area contributed by atoms with Gasteiger partial charge in [0.2, 0.25) is 0 Å². The first-order valence-electron chi connectivity index (χ1n) is 4.84. The molecule has 11 heteroatoms. The van der Waals surface area contributed by atoms with Gasteiger partial charge in [-0.2, -0.15) is 0 Å². The molecule has 1 heterocycles. The van der Waals surface area contributed by atoms with Crippen LogP contribution in [0.25, 0.3) is 0 Å². The number of carboxylic acids is 1. The monoisotopic (exact) mass is 337 g/mol. The van der Waals surface area contributed by atoms with Crippen LogP contribution >= 0.6 is 23.1 Å². The van der Waals surface area contributed by atoms with Crippen molar-refractivity contribution >= 4 is 44.1 Å². The Labute approximate surface area is 121 Å². The summed E-state index contributed by atoms with van der Waals surface area (Å²) < 4.78 is 43.0. The first-order chi connectivity index (χ1) is 9.31. The van der Waals surface area contributed by atoms with Crippen LogP contribution in [0, 0.1) is 5.82 Å². The summed E-state index contributed by atoms with van der Waals surface area (Å²) in [4.78, 5) is 10.3. The Morgan fingerprint density at radius 3 is 2.70 bits per heavy atom. The van der Waals surface area contributed by atoms with Crippen molar-refractivity contribution in [3.05, 3.63) is 34.7 Å². The van der Waals surface area contributed by atoms with Crippen molar-refractivity contribution in [2.24, 2.45) is 0 Å². The normalized spacial score (nSPS) is 11.3. The van der Waals surface area contributed by atoms with Crippen LogP contribution in [0.3, 0.4) is 0 Å². The number of rotatable bonds is 4. The first kappa shape index (κ1) is 14.6. The zero-order chi connectivity index (χ0) is 14.9. The van der Waals surface area contributed by atoms with Gasteiger partial charge >= 0.3 is 5.97 Å². The molecule has 0 aliphatic heterocycles. The van der Waals surface area contributed by atoms with Gasteiger partial charge in [-0.25, -0.2) is 17.6 Å². The van der Waals surface area contributed by atoms with Gasteiger partial charge in [-0.1, -0.05) is 16.1 Å². The fraction of sp³-hybridized carbons (Fsp3) is 0. The van der Waals surface area contributed by atoms with Crippen molar-refractivity contribution in [1.29, 1.82) is 0 Å². The number of nitrogens with zero attached hydrogens (tertiary/aromatic N) is 2. The number of halogens is 2. The molecule has 0 aliphatic carbocycles. The van der Waals surface area contributed by atoms with E-state index in [1.165, 1.54) is 0 Å². The summed E-state index contributed by atoms with van der Waals surface area (Å²) in [6, 6.07) is 1.40. The molecule has 2 rings (SSSR count). The molecule has 0 atom stereocenters. The summed E-state index contributed by atoms with van der Waals surface area (Å²) >= 11 is 6.24. The van der Waals surface area contributed by atoms with Gasteiger partial charge in [-0.3, -0.25) is 4.72 Å². The number of nitrogens with one attached hydrogen (secondary N) is 1. The summed E-state index contributed by atoms with van der Waals surface area (Å²) in [7, 11) is -4.16. The molecule has 1 aromatic carbocycles. The minimum absolute atomic E-state index is 0.109. The van der Waals surface area contributed by atoms with Crippen molar-refractivity contribution in [2.75, 3.05) is 4.72 Å². The van der Waals surface area contributed by atoms with E-state index in [4.69, 9.17) is 16.7 Å². The van der Waals surface area contributed by atoms with E-state index in [-0.39, 0.29) is 5.00 Å². The molecule has 0 fully saturated rings. The van der Waals surface area contributed by atoms with Gasteiger partial charge in [0.15, 0.2) is 0 Å². The largest absolute Gasteiger partial charge is 0.478 e. The number of carbonyl (C=O) groups is 1. The van der Waals surface area contributed by atoms with Crippen LogP contribution < -0.4 is 4.72 Å². The topological polar surface area (TPSA) is 109 Å². The molecular formula is C9H5ClFN3O4S2. The number of anilines is 1. The highest BCUT2D eigenvalue weighted by atomic mass is 35.5. The Kier molecular flexibility index (Phi) is 3.88. The van der Waals surface area contributed by atoms with Gasteiger partial charge < -0.3 is 5.11 Å². The van der Waals surface area contributed by atoms with Gasteiger partial charge in [0.25, 0.3) is 10.0 Å². The second kappa shape index (κ2) is 5.31. The van der Waals surface area contributed by atoms with Gasteiger partial charge in [0, 0.05) is 11.5 Å². The third kappa shape index (κ3) is 2.86. The van der Waals surface area contributed by atoms with Crippen LogP contribution in [0.4, 0.5) is 9.39 Å². The summed E-state index contributed by atoms with van der Waals surface area (Å²) in [5.41, 5.74) is -0.644. The van der Waals surface area contributed by atoms with Crippen molar-refractivity contribution in [2.45, 2.75) is 4.90 Å². The number of hydrogen-bond acceptors (Lipinski definition) is 6. The van der Waals surface area contributed by atoms with Gasteiger partial charge in [0.05, 0.1) is 21.7 Å². The van der Waals surface area contributed by atoms with E-state index < -0.39 is 37.3 Å². The summed E-state index contributed by atoms with van der Waals surface area (Å²) in [5.74, 6) is -2.68. The van der Waals surface area contributed by atoms with E-state index in [1.54, 1.807) is 0 Å². The lowest BCUT2D eigenvalue weighted by molar-refractivity contribution is 0.0696. The third-order valence-corrected chi connectivity index (χ3v) is 4.58. The Morgan fingerprint density at radius 1 is 1.45 bits per heavy atom. The fourth-order valence-corrected chi connectivity index (χ4v) is 3.19. The van der Waals surface area contributed by atoms with Crippen molar-refractivity contribution < 1.29 is 22.7 Å². The minimum Gasteiger partial charge on any atom is -0.478 e. The zero-order valence-corrected chi connectivity index (χ0v) is 11.8. The Hall–Kier alpha value is -1.78. The van der Waals surface area contributed by atoms with Crippen LogP contribution in [0.1, 0.15) is 10.4 Å². The van der Waals surface area contributed by atoms with E-state index in [0.717, 1.165) is 23.8 Å². The second-order valence-electron chi connectivity index (χ2n) is 3.46. The number of carboxylic acid groups (broad SMARTS) is 1. The van der Waals surface area contributed by atoms with Gasteiger partial charge in [0.1, 0.15) is 10.8 Å². The molecular weight excluding hydrogens is 333 g/mol. The number of hydrogen-bond donors (Lipinski definition) is 2. The molecule has 0 saturated carbocycles. The first-order valence-corrected chi connectivity index (χ1v) is 7.47. The van der Waals surface area contributed by atoms with Crippen LogP contribution in [-0.2, 0) is 10.0 Å². The Morgan fingerprint density at radius 2 is 2.15 bits per heavy atom. The lowest BCUT2D eigenvalue weighted by Gasteiger charge is -2.08. The average molecular weight is 338 g/mol. The highest BCUT2D eigenvalue weighted by Crippen LogP contribution is 2.26. The lowest BCUT2D eigenvalue weighted by atomic mass is 10.2. The van der Waals surface area contributed by atoms with Gasteiger partial charge in [-0.05, 0) is 12.1 Å². The molecule has 0 spiro atoms. The van der Waals surface area contributed by atoms with E-state index in [9.17, 15) is 17.6 Å². The third-order valence-electron chi connectivity index (χ3n) is 2.14. The summed E-state index contributed by atoms with van der Waals surface area (Å²) in [6.45, 7) is 0. The molecule has 0 bridgehead atoms. The maximum atomic E-state index is 13.5. The highest BCUT2D eigenvalue weighted by molar-refractivity contribution is 7.93.